The van der Waals surface area contributed by atoms with Gasteiger partial charge in [0.2, 0.25) is 5.43 Å². The summed E-state index contributed by atoms with van der Waals surface area (Å²) in [6.45, 7) is 3.25. The van der Waals surface area contributed by atoms with Crippen molar-refractivity contribution in [1.82, 2.24) is 19.7 Å². The van der Waals surface area contributed by atoms with Crippen molar-refractivity contribution in [3.05, 3.63) is 28.2 Å². The van der Waals surface area contributed by atoms with Crippen molar-refractivity contribution in [1.29, 1.82) is 0 Å². The average molecular weight is 334 g/mol. The number of nitrogens with zero attached hydrogens (tertiary/aromatic N) is 3. The minimum absolute atomic E-state index is 0.0894. The number of hydrogen-bond donors (Lipinski definition) is 1. The quantitative estimate of drug-likeness (QED) is 0.894. The minimum Gasteiger partial charge on any atom is -0.491 e. The van der Waals surface area contributed by atoms with E-state index in [4.69, 9.17) is 4.74 Å². The van der Waals surface area contributed by atoms with Gasteiger partial charge >= 0.3 is 6.03 Å². The van der Waals surface area contributed by atoms with Crippen LogP contribution in [0.5, 0.6) is 5.75 Å². The predicted molar refractivity (Wildman–Crippen MR) is 91.2 cm³/mol. The minimum atomic E-state index is -0.101. The summed E-state index contributed by atoms with van der Waals surface area (Å²) in [4.78, 5) is 33.4. The van der Waals surface area contributed by atoms with E-state index in [0.717, 1.165) is 38.2 Å². The second-order valence-electron chi connectivity index (χ2n) is 7.00. The molecule has 4 rings (SSSR count). The van der Waals surface area contributed by atoms with Crippen LogP contribution in [0.1, 0.15) is 18.5 Å². The third kappa shape index (κ3) is 3.40. The molecule has 7 nitrogen and oxygen atoms in total. The lowest BCUT2D eigenvalue weighted by Gasteiger charge is -2.35. The molecule has 4 heterocycles. The van der Waals surface area contributed by atoms with Gasteiger partial charge in [-0.1, -0.05) is 0 Å². The number of methoxy groups -OCH3 is 1. The van der Waals surface area contributed by atoms with Crippen molar-refractivity contribution in [3.63, 3.8) is 0 Å². The molecule has 3 saturated heterocycles. The summed E-state index contributed by atoms with van der Waals surface area (Å²) in [6.07, 6.45) is 3.88. The number of rotatable bonds is 3. The third-order valence-corrected chi connectivity index (χ3v) is 5.01. The highest BCUT2D eigenvalue weighted by Crippen LogP contribution is 2.29. The number of aromatic amines is 1. The number of carbonyl (C=O) groups excluding carboxylic acids is 1. The number of urea groups is 1. The number of nitrogens with one attached hydrogen (secondary N) is 1. The van der Waals surface area contributed by atoms with E-state index in [1.165, 1.54) is 7.11 Å². The number of H-pyrrole nitrogens is 1. The van der Waals surface area contributed by atoms with Crippen molar-refractivity contribution < 1.29 is 9.53 Å². The number of pyridine rings is 1. The van der Waals surface area contributed by atoms with E-state index in [-0.39, 0.29) is 11.5 Å². The van der Waals surface area contributed by atoms with Crippen molar-refractivity contribution in [2.45, 2.75) is 25.4 Å². The normalized spacial score (nSPS) is 23.9. The average Bonchev–Trinajstić information content (AvgIpc) is 2.86. The molecule has 0 saturated carbocycles. The van der Waals surface area contributed by atoms with E-state index in [0.29, 0.717) is 24.3 Å². The second kappa shape index (κ2) is 6.84. The zero-order valence-corrected chi connectivity index (χ0v) is 14.6. The monoisotopic (exact) mass is 334 g/mol. The Balaban J connectivity index is 1.73. The standard InChI is InChI=1S/C17H26N4O3/c1-19(2)17(23)21-9-12-4-5-14(11-21)20(8-12)10-13-6-15(22)16(24-3)7-18-13/h6-7,12,14H,4-5,8-11H2,1-3H3,(H,18,22)/t12-,14-/m1/s1. The van der Waals surface area contributed by atoms with Gasteiger partial charge in [-0.05, 0) is 18.8 Å². The zero-order chi connectivity index (χ0) is 17.3. The van der Waals surface area contributed by atoms with Crippen LogP contribution in [-0.2, 0) is 6.54 Å². The van der Waals surface area contributed by atoms with E-state index < -0.39 is 0 Å². The van der Waals surface area contributed by atoms with Gasteiger partial charge in [-0.15, -0.1) is 0 Å². The molecule has 3 aliphatic rings. The molecule has 1 aromatic heterocycles. The number of fused-ring (bicyclic) bond motifs is 4. The van der Waals surface area contributed by atoms with E-state index in [1.807, 2.05) is 4.90 Å². The smallest absolute Gasteiger partial charge is 0.319 e. The fourth-order valence-corrected chi connectivity index (χ4v) is 3.78. The van der Waals surface area contributed by atoms with Crippen LogP contribution in [0.25, 0.3) is 0 Å². The topological polar surface area (TPSA) is 68.9 Å². The second-order valence-corrected chi connectivity index (χ2v) is 7.00. The lowest BCUT2D eigenvalue weighted by molar-refractivity contribution is 0.121. The number of ether oxygens (including phenoxy) is 1. The van der Waals surface area contributed by atoms with Crippen molar-refractivity contribution in [2.75, 3.05) is 40.8 Å². The van der Waals surface area contributed by atoms with Crippen LogP contribution < -0.4 is 10.2 Å². The first-order valence-corrected chi connectivity index (χ1v) is 8.43. The summed E-state index contributed by atoms with van der Waals surface area (Å²) in [5.74, 6) is 0.830. The van der Waals surface area contributed by atoms with E-state index >= 15 is 0 Å². The SMILES string of the molecule is COc1c[nH]c(CN2C[C@H]3CC[C@@H]2CN(C(=O)N(C)C)C3)cc1=O. The summed E-state index contributed by atoms with van der Waals surface area (Å²) in [5, 5.41) is 0. The van der Waals surface area contributed by atoms with Crippen LogP contribution in [0.2, 0.25) is 0 Å². The maximum absolute atomic E-state index is 12.3. The van der Waals surface area contributed by atoms with Crippen LogP contribution in [0, 0.1) is 5.92 Å². The molecule has 7 heteroatoms. The molecule has 132 valence electrons. The molecule has 2 amide bonds. The first kappa shape index (κ1) is 16.8. The summed E-state index contributed by atoms with van der Waals surface area (Å²) in [7, 11) is 5.10. The van der Waals surface area contributed by atoms with Gasteiger partial charge in [0, 0.05) is 64.3 Å². The van der Waals surface area contributed by atoms with Crippen molar-refractivity contribution in [2.24, 2.45) is 5.92 Å². The van der Waals surface area contributed by atoms with Crippen LogP contribution in [0.15, 0.2) is 17.1 Å². The van der Waals surface area contributed by atoms with Crippen molar-refractivity contribution >= 4 is 6.03 Å². The first-order valence-electron chi connectivity index (χ1n) is 8.43. The Morgan fingerprint density at radius 2 is 2.12 bits per heavy atom. The molecule has 2 atom stereocenters. The predicted octanol–water partition coefficient (Wildman–Crippen LogP) is 0.961. The maximum atomic E-state index is 12.3. The summed E-state index contributed by atoms with van der Waals surface area (Å²) in [5.41, 5.74) is 0.787. The molecule has 3 fully saturated rings. The fourth-order valence-electron chi connectivity index (χ4n) is 3.78. The van der Waals surface area contributed by atoms with Crippen LogP contribution >= 0.6 is 0 Å². The summed E-state index contributed by atoms with van der Waals surface area (Å²) in [6, 6.07) is 2.05. The Labute approximate surface area is 142 Å². The van der Waals surface area contributed by atoms with Gasteiger partial charge in [0.15, 0.2) is 5.75 Å². The molecule has 3 aliphatic heterocycles. The summed E-state index contributed by atoms with van der Waals surface area (Å²) >= 11 is 0. The van der Waals surface area contributed by atoms with Gasteiger partial charge in [0.05, 0.1) is 7.11 Å². The summed E-state index contributed by atoms with van der Waals surface area (Å²) < 4.78 is 5.02. The van der Waals surface area contributed by atoms with E-state index in [1.54, 1.807) is 31.3 Å². The zero-order valence-electron chi connectivity index (χ0n) is 14.6. The Morgan fingerprint density at radius 1 is 1.33 bits per heavy atom. The van der Waals surface area contributed by atoms with Gasteiger partial charge in [0.1, 0.15) is 0 Å². The molecule has 0 spiro atoms. The van der Waals surface area contributed by atoms with E-state index in [9.17, 15) is 9.59 Å². The molecular formula is C17H26N4O3. The molecule has 0 aliphatic carbocycles. The third-order valence-electron chi connectivity index (χ3n) is 5.01. The van der Waals surface area contributed by atoms with Crippen LogP contribution in [0.4, 0.5) is 4.79 Å². The molecule has 0 unspecified atom stereocenters. The lowest BCUT2D eigenvalue weighted by atomic mass is 9.95. The van der Waals surface area contributed by atoms with Gasteiger partial charge < -0.3 is 19.5 Å². The highest BCUT2D eigenvalue weighted by atomic mass is 16.5. The first-order chi connectivity index (χ1) is 11.5. The Hall–Kier alpha value is -2.02. The van der Waals surface area contributed by atoms with Crippen LogP contribution in [-0.4, -0.2) is 72.6 Å². The number of amides is 2. The molecule has 24 heavy (non-hydrogen) atoms. The van der Waals surface area contributed by atoms with Gasteiger partial charge in [-0.25, -0.2) is 4.79 Å². The number of carbonyl (C=O) groups is 1. The van der Waals surface area contributed by atoms with Gasteiger partial charge in [-0.2, -0.15) is 0 Å². The number of piperidine rings is 1. The van der Waals surface area contributed by atoms with Gasteiger partial charge in [0.25, 0.3) is 0 Å². The molecule has 1 N–H and O–H groups in total. The lowest BCUT2D eigenvalue weighted by Crippen LogP contribution is -2.45. The Morgan fingerprint density at radius 3 is 2.79 bits per heavy atom. The van der Waals surface area contributed by atoms with E-state index in [2.05, 4.69) is 9.88 Å². The fraction of sp³-hybridized carbons (Fsp3) is 0.647. The largest absolute Gasteiger partial charge is 0.491 e. The number of hydrogen-bond acceptors (Lipinski definition) is 4. The molecule has 2 bridgehead atoms. The van der Waals surface area contributed by atoms with Crippen LogP contribution in [0.3, 0.4) is 0 Å². The Bertz CT molecular complexity index is 657. The Kier molecular flexibility index (Phi) is 4.80. The molecule has 1 aromatic rings. The van der Waals surface area contributed by atoms with Crippen molar-refractivity contribution in [3.8, 4) is 5.75 Å². The highest BCUT2D eigenvalue weighted by molar-refractivity contribution is 5.74. The van der Waals surface area contributed by atoms with Gasteiger partial charge in [-0.3, -0.25) is 9.69 Å². The molecule has 0 aromatic carbocycles. The highest BCUT2D eigenvalue weighted by Gasteiger charge is 2.36. The molecule has 0 radical (unpaired) electrons. The maximum Gasteiger partial charge on any atom is 0.319 e. The number of aromatic nitrogens is 1. The molecular weight excluding hydrogens is 308 g/mol.